The summed E-state index contributed by atoms with van der Waals surface area (Å²) in [5.74, 6) is 1.66. The van der Waals surface area contributed by atoms with E-state index < -0.39 is 0 Å². The van der Waals surface area contributed by atoms with E-state index in [1.54, 1.807) is 20.5 Å². The van der Waals surface area contributed by atoms with Gasteiger partial charge in [0, 0.05) is 21.9 Å². The van der Waals surface area contributed by atoms with Crippen molar-refractivity contribution in [3.8, 4) is 22.8 Å². The van der Waals surface area contributed by atoms with Crippen LogP contribution in [0.1, 0.15) is 36.5 Å². The number of thiazole rings is 1. The molecule has 2 aromatic heterocycles. The molecule has 166 valence electrons. The quantitative estimate of drug-likeness (QED) is 0.364. The summed E-state index contributed by atoms with van der Waals surface area (Å²) in [5.41, 5.74) is 5.65. The van der Waals surface area contributed by atoms with E-state index in [0.717, 1.165) is 22.1 Å². The number of aromatic nitrogens is 1. The molecule has 0 radical (unpaired) electrons. The third-order valence-corrected chi connectivity index (χ3v) is 6.21. The summed E-state index contributed by atoms with van der Waals surface area (Å²) in [6, 6.07) is 9.71. The lowest BCUT2D eigenvalue weighted by atomic mass is 9.95. The van der Waals surface area contributed by atoms with Gasteiger partial charge >= 0.3 is 0 Å². The molecular weight excluding hydrogens is 424 g/mol. The van der Waals surface area contributed by atoms with E-state index in [1.165, 1.54) is 22.5 Å². The van der Waals surface area contributed by atoms with E-state index in [-0.39, 0.29) is 12.3 Å². The average molecular weight is 451 g/mol. The standard InChI is InChI=1S/C25H26N2O4S/c1-14(2)18-11-19-16(12-31-23(19)8-15(18)3)9-24(28)27-25-26-21(13-32-25)20-10-17(29-4)6-7-22(20)30-5/h6-8,10-14H,9H2,1-5H3,(H,26,27,28). The third-order valence-electron chi connectivity index (χ3n) is 5.45. The summed E-state index contributed by atoms with van der Waals surface area (Å²) in [7, 11) is 3.23. The van der Waals surface area contributed by atoms with Crippen LogP contribution in [0.5, 0.6) is 11.5 Å². The van der Waals surface area contributed by atoms with Crippen molar-refractivity contribution in [3.63, 3.8) is 0 Å². The van der Waals surface area contributed by atoms with Crippen LogP contribution < -0.4 is 14.8 Å². The SMILES string of the molecule is COc1ccc(OC)c(-c2csc(NC(=O)Cc3coc4cc(C)c(C(C)C)cc34)n2)c1. The topological polar surface area (TPSA) is 73.6 Å². The van der Waals surface area contributed by atoms with Crippen LogP contribution in [0.15, 0.2) is 46.4 Å². The van der Waals surface area contributed by atoms with E-state index in [9.17, 15) is 4.79 Å². The number of ether oxygens (including phenoxy) is 2. The molecule has 0 aliphatic carbocycles. The zero-order valence-corrected chi connectivity index (χ0v) is 19.6. The van der Waals surface area contributed by atoms with Gasteiger partial charge in [-0.1, -0.05) is 13.8 Å². The Balaban J connectivity index is 1.53. The highest BCUT2D eigenvalue weighted by atomic mass is 32.1. The number of carbonyl (C=O) groups excluding carboxylic acids is 1. The van der Waals surface area contributed by atoms with Crippen molar-refractivity contribution in [1.29, 1.82) is 0 Å². The van der Waals surface area contributed by atoms with Gasteiger partial charge in [-0.25, -0.2) is 4.98 Å². The van der Waals surface area contributed by atoms with Gasteiger partial charge < -0.3 is 19.2 Å². The van der Waals surface area contributed by atoms with Crippen LogP contribution in [-0.2, 0) is 11.2 Å². The Morgan fingerprint density at radius 3 is 2.72 bits per heavy atom. The predicted molar refractivity (Wildman–Crippen MR) is 128 cm³/mol. The van der Waals surface area contributed by atoms with Gasteiger partial charge in [-0.15, -0.1) is 11.3 Å². The Morgan fingerprint density at radius 1 is 1.19 bits per heavy atom. The second-order valence-electron chi connectivity index (χ2n) is 7.95. The molecule has 32 heavy (non-hydrogen) atoms. The first-order valence-electron chi connectivity index (χ1n) is 10.4. The first-order chi connectivity index (χ1) is 15.4. The van der Waals surface area contributed by atoms with Crippen LogP contribution in [0, 0.1) is 6.92 Å². The van der Waals surface area contributed by atoms with E-state index in [2.05, 4.69) is 37.1 Å². The second kappa shape index (κ2) is 9.04. The predicted octanol–water partition coefficient (Wildman–Crippen LogP) is 6.19. The normalized spacial score (nSPS) is 11.2. The van der Waals surface area contributed by atoms with Gasteiger partial charge in [0.05, 0.1) is 32.6 Å². The van der Waals surface area contributed by atoms with Crippen LogP contribution >= 0.6 is 11.3 Å². The first kappa shape index (κ1) is 21.9. The summed E-state index contributed by atoms with van der Waals surface area (Å²) in [6.45, 7) is 6.41. The highest BCUT2D eigenvalue weighted by molar-refractivity contribution is 7.14. The molecule has 0 spiro atoms. The molecule has 0 fully saturated rings. The Kier molecular flexibility index (Phi) is 6.19. The zero-order chi connectivity index (χ0) is 22.8. The van der Waals surface area contributed by atoms with Crippen LogP contribution in [0.3, 0.4) is 0 Å². The third kappa shape index (κ3) is 4.34. The fraction of sp³-hybridized carbons (Fsp3) is 0.280. The summed E-state index contributed by atoms with van der Waals surface area (Å²) in [6.07, 6.45) is 1.88. The molecular formula is C25H26N2O4S. The number of fused-ring (bicyclic) bond motifs is 1. The molecule has 4 aromatic rings. The zero-order valence-electron chi connectivity index (χ0n) is 18.8. The van der Waals surface area contributed by atoms with E-state index >= 15 is 0 Å². The Bertz CT molecular complexity index is 1270. The van der Waals surface area contributed by atoms with Crippen LogP contribution in [0.2, 0.25) is 0 Å². The number of carbonyl (C=O) groups is 1. The van der Waals surface area contributed by atoms with Crippen molar-refractivity contribution in [2.45, 2.75) is 33.1 Å². The monoisotopic (exact) mass is 450 g/mol. The Labute approximate surface area is 191 Å². The molecule has 0 saturated heterocycles. The fourth-order valence-electron chi connectivity index (χ4n) is 3.81. The van der Waals surface area contributed by atoms with Gasteiger partial charge in [-0.2, -0.15) is 0 Å². The molecule has 1 N–H and O–H groups in total. The maximum atomic E-state index is 12.7. The number of benzene rings is 2. The second-order valence-corrected chi connectivity index (χ2v) is 8.81. The number of methoxy groups -OCH3 is 2. The van der Waals surface area contributed by atoms with E-state index in [1.807, 2.05) is 29.6 Å². The van der Waals surface area contributed by atoms with Crippen molar-refractivity contribution in [3.05, 3.63) is 58.7 Å². The number of rotatable bonds is 7. The largest absolute Gasteiger partial charge is 0.497 e. The first-order valence-corrected chi connectivity index (χ1v) is 11.3. The number of anilines is 1. The van der Waals surface area contributed by atoms with Crippen molar-refractivity contribution in [2.24, 2.45) is 0 Å². The van der Waals surface area contributed by atoms with E-state index in [4.69, 9.17) is 13.9 Å². The highest BCUT2D eigenvalue weighted by Gasteiger charge is 2.16. The number of hydrogen-bond donors (Lipinski definition) is 1. The lowest BCUT2D eigenvalue weighted by Crippen LogP contribution is -2.14. The number of amides is 1. The molecule has 0 unspecified atom stereocenters. The van der Waals surface area contributed by atoms with Crippen molar-refractivity contribution in [2.75, 3.05) is 19.5 Å². The number of nitrogens with zero attached hydrogens (tertiary/aromatic N) is 1. The van der Waals surface area contributed by atoms with Gasteiger partial charge in [0.15, 0.2) is 5.13 Å². The lowest BCUT2D eigenvalue weighted by Gasteiger charge is -2.10. The van der Waals surface area contributed by atoms with Crippen molar-refractivity contribution >= 4 is 33.3 Å². The molecule has 4 rings (SSSR count). The molecule has 2 aromatic carbocycles. The molecule has 0 saturated carbocycles. The maximum absolute atomic E-state index is 12.7. The average Bonchev–Trinajstić information content (AvgIpc) is 3.39. The van der Waals surface area contributed by atoms with Gasteiger partial charge in [0.2, 0.25) is 5.91 Å². The van der Waals surface area contributed by atoms with Gasteiger partial charge in [0.1, 0.15) is 17.1 Å². The van der Waals surface area contributed by atoms with Gasteiger partial charge in [-0.05, 0) is 54.3 Å². The molecule has 6 nitrogen and oxygen atoms in total. The summed E-state index contributed by atoms with van der Waals surface area (Å²) in [5, 5.41) is 6.30. The Hall–Kier alpha value is -3.32. The molecule has 0 aliphatic rings. The van der Waals surface area contributed by atoms with Crippen LogP contribution in [0.25, 0.3) is 22.2 Å². The Morgan fingerprint density at radius 2 is 2.00 bits per heavy atom. The molecule has 0 bridgehead atoms. The van der Waals surface area contributed by atoms with Crippen molar-refractivity contribution < 1.29 is 18.7 Å². The number of nitrogens with one attached hydrogen (secondary N) is 1. The lowest BCUT2D eigenvalue weighted by molar-refractivity contribution is -0.115. The number of aryl methyl sites for hydroxylation is 1. The maximum Gasteiger partial charge on any atom is 0.230 e. The smallest absolute Gasteiger partial charge is 0.230 e. The van der Waals surface area contributed by atoms with Gasteiger partial charge in [0.25, 0.3) is 0 Å². The summed E-state index contributed by atoms with van der Waals surface area (Å²) >= 11 is 1.37. The minimum Gasteiger partial charge on any atom is -0.497 e. The number of furan rings is 1. The number of hydrogen-bond acceptors (Lipinski definition) is 6. The molecule has 0 atom stereocenters. The summed E-state index contributed by atoms with van der Waals surface area (Å²) in [4.78, 5) is 17.3. The summed E-state index contributed by atoms with van der Waals surface area (Å²) < 4.78 is 16.5. The van der Waals surface area contributed by atoms with Crippen LogP contribution in [-0.4, -0.2) is 25.1 Å². The molecule has 2 heterocycles. The minimum absolute atomic E-state index is 0.141. The highest BCUT2D eigenvalue weighted by Crippen LogP contribution is 2.35. The van der Waals surface area contributed by atoms with E-state index in [0.29, 0.717) is 28.2 Å². The molecule has 7 heteroatoms. The fourth-order valence-corrected chi connectivity index (χ4v) is 4.54. The van der Waals surface area contributed by atoms with Crippen LogP contribution in [0.4, 0.5) is 5.13 Å². The minimum atomic E-state index is -0.141. The molecule has 0 aliphatic heterocycles. The molecule has 1 amide bonds. The van der Waals surface area contributed by atoms with Crippen molar-refractivity contribution in [1.82, 2.24) is 4.98 Å². The van der Waals surface area contributed by atoms with Gasteiger partial charge in [-0.3, -0.25) is 4.79 Å².